The molecule has 4 aromatic rings. The van der Waals surface area contributed by atoms with Crippen LogP contribution >= 0.6 is 0 Å². The molecule has 1 N–H and O–H groups in total. The summed E-state index contributed by atoms with van der Waals surface area (Å²) in [5, 5.41) is 0. The Morgan fingerprint density at radius 3 is 2.00 bits per heavy atom. The zero-order chi connectivity index (χ0) is 20.1. The Balaban J connectivity index is 1.73. The van der Waals surface area contributed by atoms with Crippen molar-refractivity contribution < 1.29 is 9.47 Å². The van der Waals surface area contributed by atoms with E-state index in [2.05, 4.69) is 9.98 Å². The maximum absolute atomic E-state index is 5.27. The quantitative estimate of drug-likeness (QED) is 0.447. The molecule has 0 aliphatic rings. The van der Waals surface area contributed by atoms with Gasteiger partial charge in [-0.25, -0.2) is 9.98 Å². The predicted molar refractivity (Wildman–Crippen MR) is 116 cm³/mol. The number of nitrogens with zero attached hydrogens (tertiary/aromatic N) is 2. The number of imidazole rings is 1. The molecule has 0 atom stereocenters. The molecule has 0 saturated carbocycles. The highest BCUT2D eigenvalue weighted by molar-refractivity contribution is 5.85. The Morgan fingerprint density at radius 1 is 0.759 bits per heavy atom. The summed E-state index contributed by atoms with van der Waals surface area (Å²) >= 11 is 0. The Hall–Kier alpha value is -3.86. The van der Waals surface area contributed by atoms with Gasteiger partial charge in [-0.2, -0.15) is 0 Å². The molecule has 0 aliphatic carbocycles. The molecule has 5 heteroatoms. The number of H-pyrrole nitrogens is 1. The van der Waals surface area contributed by atoms with E-state index in [4.69, 9.17) is 14.5 Å². The van der Waals surface area contributed by atoms with Crippen LogP contribution in [0.2, 0.25) is 0 Å². The highest BCUT2D eigenvalue weighted by Crippen LogP contribution is 2.32. The van der Waals surface area contributed by atoms with Crippen molar-refractivity contribution in [2.45, 2.75) is 0 Å². The van der Waals surface area contributed by atoms with Crippen molar-refractivity contribution >= 4 is 12.0 Å². The van der Waals surface area contributed by atoms with Crippen molar-refractivity contribution in [1.82, 2.24) is 9.97 Å². The zero-order valence-corrected chi connectivity index (χ0v) is 16.3. The number of ether oxygens (including phenoxy) is 2. The van der Waals surface area contributed by atoms with Gasteiger partial charge >= 0.3 is 0 Å². The number of aromatic nitrogens is 2. The Bertz CT molecular complexity index is 1100. The van der Waals surface area contributed by atoms with Crippen molar-refractivity contribution in [3.63, 3.8) is 0 Å². The largest absolute Gasteiger partial charge is 0.497 e. The van der Waals surface area contributed by atoms with Crippen molar-refractivity contribution in [3.05, 3.63) is 84.4 Å². The second kappa shape index (κ2) is 8.44. The Kier molecular flexibility index (Phi) is 5.38. The third-order valence-electron chi connectivity index (χ3n) is 4.56. The zero-order valence-electron chi connectivity index (χ0n) is 16.3. The number of benzene rings is 3. The van der Waals surface area contributed by atoms with E-state index in [1.165, 1.54) is 0 Å². The summed E-state index contributed by atoms with van der Waals surface area (Å²) in [6.07, 6.45) is 1.80. The van der Waals surface area contributed by atoms with E-state index in [-0.39, 0.29) is 0 Å². The maximum atomic E-state index is 5.27. The summed E-state index contributed by atoms with van der Waals surface area (Å²) in [7, 11) is 3.31. The van der Waals surface area contributed by atoms with Gasteiger partial charge in [-0.15, -0.1) is 0 Å². The summed E-state index contributed by atoms with van der Waals surface area (Å²) in [5.41, 5.74) is 3.82. The van der Waals surface area contributed by atoms with E-state index < -0.39 is 0 Å². The highest BCUT2D eigenvalue weighted by Gasteiger charge is 2.13. The SMILES string of the molecule is COc1ccc(/C=N/c2nc(-c3ccccc3)[nH]c2-c2ccc(OC)cc2)cc1. The van der Waals surface area contributed by atoms with Crippen LogP contribution < -0.4 is 9.47 Å². The van der Waals surface area contributed by atoms with Crippen LogP contribution in [0, 0.1) is 0 Å². The van der Waals surface area contributed by atoms with Crippen LogP contribution in [0.3, 0.4) is 0 Å². The van der Waals surface area contributed by atoms with Crippen molar-refractivity contribution in [2.24, 2.45) is 4.99 Å². The van der Waals surface area contributed by atoms with Crippen LogP contribution in [0.25, 0.3) is 22.6 Å². The lowest BCUT2D eigenvalue weighted by Crippen LogP contribution is -1.85. The average molecular weight is 383 g/mol. The third kappa shape index (κ3) is 4.19. The monoisotopic (exact) mass is 383 g/mol. The van der Waals surface area contributed by atoms with Gasteiger partial charge in [0.1, 0.15) is 17.3 Å². The fourth-order valence-corrected chi connectivity index (χ4v) is 2.97. The molecule has 0 unspecified atom stereocenters. The minimum Gasteiger partial charge on any atom is -0.497 e. The van der Waals surface area contributed by atoms with Gasteiger partial charge in [0, 0.05) is 17.3 Å². The average Bonchev–Trinajstić information content (AvgIpc) is 3.23. The maximum Gasteiger partial charge on any atom is 0.178 e. The molecule has 5 nitrogen and oxygen atoms in total. The van der Waals surface area contributed by atoms with Crippen molar-refractivity contribution in [3.8, 4) is 34.1 Å². The molecule has 1 heterocycles. The highest BCUT2D eigenvalue weighted by atomic mass is 16.5. The summed E-state index contributed by atoms with van der Waals surface area (Å²) in [5.74, 6) is 3.02. The molecule has 1 aromatic heterocycles. The first kappa shape index (κ1) is 18.5. The second-order valence-corrected chi connectivity index (χ2v) is 6.41. The predicted octanol–water partition coefficient (Wildman–Crippen LogP) is 5.51. The molecular weight excluding hydrogens is 362 g/mol. The fraction of sp³-hybridized carbons (Fsp3) is 0.0833. The molecule has 0 aliphatic heterocycles. The first-order valence-electron chi connectivity index (χ1n) is 9.25. The van der Waals surface area contributed by atoms with Crippen LogP contribution in [0.5, 0.6) is 11.5 Å². The number of aromatic amines is 1. The normalized spacial score (nSPS) is 11.0. The second-order valence-electron chi connectivity index (χ2n) is 6.41. The van der Waals surface area contributed by atoms with E-state index in [0.29, 0.717) is 5.82 Å². The number of hydrogen-bond donors (Lipinski definition) is 1. The van der Waals surface area contributed by atoms with Gasteiger partial charge in [0.25, 0.3) is 0 Å². The van der Waals surface area contributed by atoms with Gasteiger partial charge in [-0.3, -0.25) is 0 Å². The van der Waals surface area contributed by atoms with Gasteiger partial charge in [0.05, 0.1) is 19.9 Å². The lowest BCUT2D eigenvalue weighted by atomic mass is 10.1. The van der Waals surface area contributed by atoms with Crippen LogP contribution in [-0.2, 0) is 0 Å². The smallest absolute Gasteiger partial charge is 0.178 e. The minimum absolute atomic E-state index is 0.629. The number of nitrogens with one attached hydrogen (secondary N) is 1. The molecule has 29 heavy (non-hydrogen) atoms. The molecule has 0 spiro atoms. The van der Waals surface area contributed by atoms with Gasteiger partial charge in [0.2, 0.25) is 0 Å². The lowest BCUT2D eigenvalue weighted by Gasteiger charge is -2.02. The van der Waals surface area contributed by atoms with E-state index in [1.54, 1.807) is 20.4 Å². The number of hydrogen-bond acceptors (Lipinski definition) is 4. The summed E-state index contributed by atoms with van der Waals surface area (Å²) in [6, 6.07) is 25.6. The van der Waals surface area contributed by atoms with E-state index in [0.717, 1.165) is 39.7 Å². The number of rotatable bonds is 6. The van der Waals surface area contributed by atoms with E-state index >= 15 is 0 Å². The summed E-state index contributed by atoms with van der Waals surface area (Å²) in [6.45, 7) is 0. The fourth-order valence-electron chi connectivity index (χ4n) is 2.97. The summed E-state index contributed by atoms with van der Waals surface area (Å²) < 4.78 is 10.5. The van der Waals surface area contributed by atoms with Crippen molar-refractivity contribution in [1.29, 1.82) is 0 Å². The van der Waals surface area contributed by atoms with Crippen LogP contribution in [0.15, 0.2) is 83.9 Å². The first-order chi connectivity index (χ1) is 14.3. The Labute approximate surface area is 169 Å². The minimum atomic E-state index is 0.629. The van der Waals surface area contributed by atoms with Gasteiger partial charge in [-0.1, -0.05) is 30.3 Å². The summed E-state index contributed by atoms with van der Waals surface area (Å²) in [4.78, 5) is 12.8. The van der Waals surface area contributed by atoms with E-state index in [9.17, 15) is 0 Å². The molecule has 0 amide bonds. The Morgan fingerprint density at radius 2 is 1.38 bits per heavy atom. The van der Waals surface area contributed by atoms with Gasteiger partial charge in [-0.05, 0) is 54.1 Å². The standard InChI is InChI=1S/C24H21N3O2/c1-28-20-12-8-17(9-13-20)16-25-24-22(18-10-14-21(29-2)15-11-18)26-23(27-24)19-6-4-3-5-7-19/h3-16H,1-2H3,(H,26,27)/b25-16+. The molecular formula is C24H21N3O2. The molecule has 4 rings (SSSR count). The lowest BCUT2D eigenvalue weighted by molar-refractivity contribution is 0.414. The van der Waals surface area contributed by atoms with Crippen molar-refractivity contribution in [2.75, 3.05) is 14.2 Å². The molecule has 0 fully saturated rings. The van der Waals surface area contributed by atoms with Gasteiger partial charge < -0.3 is 14.5 Å². The molecule has 0 bridgehead atoms. The third-order valence-corrected chi connectivity index (χ3v) is 4.56. The molecule has 144 valence electrons. The molecule has 0 radical (unpaired) electrons. The van der Waals surface area contributed by atoms with Crippen LogP contribution in [0.1, 0.15) is 5.56 Å². The van der Waals surface area contributed by atoms with Gasteiger partial charge in [0.15, 0.2) is 5.82 Å². The first-order valence-corrected chi connectivity index (χ1v) is 9.25. The molecule has 0 saturated heterocycles. The van der Waals surface area contributed by atoms with E-state index in [1.807, 2.05) is 78.9 Å². The number of methoxy groups -OCH3 is 2. The van der Waals surface area contributed by atoms with Crippen LogP contribution in [-0.4, -0.2) is 30.4 Å². The van der Waals surface area contributed by atoms with Crippen LogP contribution in [0.4, 0.5) is 5.82 Å². The topological polar surface area (TPSA) is 59.5 Å². The number of aliphatic imine (C=N–C) groups is 1. The molecule has 3 aromatic carbocycles.